The summed E-state index contributed by atoms with van der Waals surface area (Å²) in [4.78, 5) is 0. The van der Waals surface area contributed by atoms with Crippen LogP contribution >= 0.6 is 0 Å². The highest BCUT2D eigenvalue weighted by atomic mass is 16.5. The highest BCUT2D eigenvalue weighted by molar-refractivity contribution is 5.85. The van der Waals surface area contributed by atoms with Gasteiger partial charge in [-0.15, -0.1) is 0 Å². The average molecular weight is 425 g/mol. The van der Waals surface area contributed by atoms with E-state index in [0.717, 1.165) is 28.7 Å². The zero-order valence-corrected chi connectivity index (χ0v) is 19.7. The lowest BCUT2D eigenvalue weighted by atomic mass is 9.77. The zero-order chi connectivity index (χ0) is 22.2. The molecular weight excluding hydrogens is 388 g/mol. The van der Waals surface area contributed by atoms with Gasteiger partial charge in [0.1, 0.15) is 5.75 Å². The molecule has 0 aliphatic heterocycles. The molecule has 32 heavy (non-hydrogen) atoms. The minimum absolute atomic E-state index is 0.737. The fraction of sp³-hybridized carbons (Fsp3) is 0.419. The van der Waals surface area contributed by atoms with Crippen molar-refractivity contribution in [2.45, 2.75) is 70.6 Å². The summed E-state index contributed by atoms with van der Waals surface area (Å²) >= 11 is 0. The van der Waals surface area contributed by atoms with Crippen LogP contribution < -0.4 is 4.74 Å². The summed E-state index contributed by atoms with van der Waals surface area (Å²) in [6.07, 6.45) is 12.6. The Labute approximate surface area is 194 Å². The van der Waals surface area contributed by atoms with Crippen molar-refractivity contribution < 1.29 is 4.74 Å². The molecule has 1 heteroatoms. The van der Waals surface area contributed by atoms with Crippen LogP contribution in [0.5, 0.6) is 5.75 Å². The lowest BCUT2D eigenvalue weighted by molar-refractivity contribution is 0.302. The zero-order valence-electron chi connectivity index (χ0n) is 19.7. The SMILES string of the molecule is CCCCCCC1CCC(c2ccc(C#Cc3ccc4cc(OC)ccc4c3)cc2)CC1. The summed E-state index contributed by atoms with van der Waals surface area (Å²) in [6, 6.07) is 21.5. The molecule has 166 valence electrons. The molecule has 1 nitrogen and oxygen atoms in total. The third-order valence-corrected chi connectivity index (χ3v) is 7.09. The van der Waals surface area contributed by atoms with Gasteiger partial charge in [0.25, 0.3) is 0 Å². The maximum atomic E-state index is 5.31. The fourth-order valence-electron chi connectivity index (χ4n) is 5.06. The molecule has 3 aromatic carbocycles. The second kappa shape index (κ2) is 11.2. The van der Waals surface area contributed by atoms with Gasteiger partial charge >= 0.3 is 0 Å². The Bertz CT molecular complexity index is 1060. The molecule has 0 heterocycles. The van der Waals surface area contributed by atoms with Gasteiger partial charge < -0.3 is 4.74 Å². The van der Waals surface area contributed by atoms with Gasteiger partial charge in [-0.05, 0) is 90.3 Å². The summed E-state index contributed by atoms with van der Waals surface area (Å²) in [5.74, 6) is 9.27. The smallest absolute Gasteiger partial charge is 0.119 e. The van der Waals surface area contributed by atoms with Crippen molar-refractivity contribution in [2.75, 3.05) is 7.11 Å². The monoisotopic (exact) mass is 424 g/mol. The van der Waals surface area contributed by atoms with Crippen LogP contribution in [-0.4, -0.2) is 7.11 Å². The molecule has 4 rings (SSSR count). The molecular formula is C31H36O. The first-order valence-corrected chi connectivity index (χ1v) is 12.4. The minimum Gasteiger partial charge on any atom is -0.497 e. The normalized spacial score (nSPS) is 18.2. The Hall–Kier alpha value is -2.72. The highest BCUT2D eigenvalue weighted by Gasteiger charge is 2.21. The van der Waals surface area contributed by atoms with E-state index in [2.05, 4.69) is 73.4 Å². The predicted molar refractivity (Wildman–Crippen MR) is 136 cm³/mol. The standard InChI is InChI=1S/C31H36O/c1-3-4-5-6-7-24-10-15-27(16-11-24)28-17-12-25(13-18-28)8-9-26-14-19-30-23-31(32-2)21-20-29(30)22-26/h12-14,17-24,27H,3-7,10-11,15-16H2,1-2H3. The molecule has 0 bridgehead atoms. The molecule has 0 unspecified atom stereocenters. The molecule has 1 saturated carbocycles. The molecule has 0 amide bonds. The summed E-state index contributed by atoms with van der Waals surface area (Å²) in [5, 5.41) is 2.36. The Morgan fingerprint density at radius 1 is 0.750 bits per heavy atom. The van der Waals surface area contributed by atoms with E-state index in [4.69, 9.17) is 4.74 Å². The van der Waals surface area contributed by atoms with Crippen molar-refractivity contribution in [3.8, 4) is 17.6 Å². The van der Waals surface area contributed by atoms with E-state index >= 15 is 0 Å². The Morgan fingerprint density at radius 3 is 2.19 bits per heavy atom. The van der Waals surface area contributed by atoms with Crippen LogP contribution in [0, 0.1) is 17.8 Å². The summed E-state index contributed by atoms with van der Waals surface area (Å²) in [5.41, 5.74) is 3.64. The third kappa shape index (κ3) is 5.95. The lowest BCUT2D eigenvalue weighted by Gasteiger charge is -2.29. The van der Waals surface area contributed by atoms with E-state index in [1.54, 1.807) is 7.11 Å². The van der Waals surface area contributed by atoms with Crippen LogP contribution in [0.3, 0.4) is 0 Å². The van der Waals surface area contributed by atoms with Crippen LogP contribution in [0.15, 0.2) is 60.7 Å². The number of hydrogen-bond acceptors (Lipinski definition) is 1. The van der Waals surface area contributed by atoms with Crippen LogP contribution in [0.4, 0.5) is 0 Å². The fourth-order valence-corrected chi connectivity index (χ4v) is 5.06. The van der Waals surface area contributed by atoms with Gasteiger partial charge in [-0.2, -0.15) is 0 Å². The molecule has 0 atom stereocenters. The molecule has 0 spiro atoms. The largest absolute Gasteiger partial charge is 0.497 e. The molecule has 0 aromatic heterocycles. The number of methoxy groups -OCH3 is 1. The number of unbranched alkanes of at least 4 members (excludes halogenated alkanes) is 3. The van der Waals surface area contributed by atoms with Gasteiger partial charge in [0.05, 0.1) is 7.11 Å². The molecule has 1 aliphatic rings. The van der Waals surface area contributed by atoms with E-state index in [-0.39, 0.29) is 0 Å². The van der Waals surface area contributed by atoms with Crippen molar-refractivity contribution in [3.63, 3.8) is 0 Å². The first-order valence-electron chi connectivity index (χ1n) is 12.4. The van der Waals surface area contributed by atoms with Crippen molar-refractivity contribution in [1.82, 2.24) is 0 Å². The summed E-state index contributed by atoms with van der Waals surface area (Å²) in [7, 11) is 1.70. The van der Waals surface area contributed by atoms with Crippen molar-refractivity contribution in [2.24, 2.45) is 5.92 Å². The van der Waals surface area contributed by atoms with Gasteiger partial charge in [-0.3, -0.25) is 0 Å². The van der Waals surface area contributed by atoms with E-state index < -0.39 is 0 Å². The number of benzene rings is 3. The maximum Gasteiger partial charge on any atom is 0.119 e. The summed E-state index contributed by atoms with van der Waals surface area (Å²) < 4.78 is 5.31. The van der Waals surface area contributed by atoms with Gasteiger partial charge in [0.15, 0.2) is 0 Å². The first-order chi connectivity index (χ1) is 15.7. The second-order valence-electron chi connectivity index (χ2n) is 9.37. The van der Waals surface area contributed by atoms with Crippen molar-refractivity contribution in [3.05, 3.63) is 77.4 Å². The predicted octanol–water partition coefficient (Wildman–Crippen LogP) is 8.49. The van der Waals surface area contributed by atoms with Crippen LogP contribution in [0.25, 0.3) is 10.8 Å². The van der Waals surface area contributed by atoms with Gasteiger partial charge in [-0.25, -0.2) is 0 Å². The number of ether oxygens (including phenoxy) is 1. The Balaban J connectivity index is 1.33. The number of fused-ring (bicyclic) bond motifs is 1. The lowest BCUT2D eigenvalue weighted by Crippen LogP contribution is -2.13. The van der Waals surface area contributed by atoms with E-state index in [0.29, 0.717) is 0 Å². The molecule has 0 radical (unpaired) electrons. The van der Waals surface area contributed by atoms with Gasteiger partial charge in [0.2, 0.25) is 0 Å². The van der Waals surface area contributed by atoms with Crippen LogP contribution in [0.1, 0.15) is 87.3 Å². The van der Waals surface area contributed by atoms with E-state index in [1.807, 2.05) is 6.07 Å². The molecule has 1 aliphatic carbocycles. The Kier molecular flexibility index (Phi) is 7.89. The van der Waals surface area contributed by atoms with Crippen molar-refractivity contribution in [1.29, 1.82) is 0 Å². The first kappa shape index (κ1) is 22.5. The van der Waals surface area contributed by atoms with Crippen molar-refractivity contribution >= 4 is 10.8 Å². The summed E-state index contributed by atoms with van der Waals surface area (Å²) in [6.45, 7) is 2.29. The molecule has 1 fully saturated rings. The minimum atomic E-state index is 0.737. The van der Waals surface area contributed by atoms with Gasteiger partial charge in [0, 0.05) is 11.1 Å². The molecule has 0 saturated heterocycles. The topological polar surface area (TPSA) is 9.23 Å². The molecule has 0 N–H and O–H groups in total. The van der Waals surface area contributed by atoms with Crippen LogP contribution in [0.2, 0.25) is 0 Å². The number of rotatable bonds is 7. The highest BCUT2D eigenvalue weighted by Crippen LogP contribution is 2.37. The van der Waals surface area contributed by atoms with E-state index in [1.165, 1.54) is 74.1 Å². The van der Waals surface area contributed by atoms with Gasteiger partial charge in [-0.1, -0.05) is 75.1 Å². The average Bonchev–Trinajstić information content (AvgIpc) is 2.85. The number of hydrogen-bond donors (Lipinski definition) is 0. The van der Waals surface area contributed by atoms with Crippen LogP contribution in [-0.2, 0) is 0 Å². The molecule has 3 aromatic rings. The Morgan fingerprint density at radius 2 is 1.44 bits per heavy atom. The second-order valence-corrected chi connectivity index (χ2v) is 9.37. The maximum absolute atomic E-state index is 5.31. The quantitative estimate of drug-likeness (QED) is 0.273. The third-order valence-electron chi connectivity index (χ3n) is 7.09. The van der Waals surface area contributed by atoms with E-state index in [9.17, 15) is 0 Å².